The van der Waals surface area contributed by atoms with Crippen LogP contribution in [0, 0.1) is 10.1 Å². The number of nitro groups is 1. The predicted molar refractivity (Wildman–Crippen MR) is 137 cm³/mol. The van der Waals surface area contributed by atoms with E-state index in [2.05, 4.69) is 5.32 Å². The largest absolute Gasteiger partial charge is 0.473 e. The van der Waals surface area contributed by atoms with Gasteiger partial charge in [-0.3, -0.25) is 28.8 Å². The van der Waals surface area contributed by atoms with Crippen LogP contribution in [0.4, 0.5) is 17.2 Å². The van der Waals surface area contributed by atoms with Crippen molar-refractivity contribution in [3.63, 3.8) is 0 Å². The Labute approximate surface area is 215 Å². The lowest BCUT2D eigenvalue weighted by atomic mass is 10.0. The van der Waals surface area contributed by atoms with Gasteiger partial charge in [-0.15, -0.1) is 0 Å². The molecule has 2 aromatic carbocycles. The van der Waals surface area contributed by atoms with Gasteiger partial charge < -0.3 is 20.4 Å². The molecule has 3 aromatic rings. The van der Waals surface area contributed by atoms with Crippen molar-refractivity contribution in [1.82, 2.24) is 9.13 Å². The minimum absolute atomic E-state index is 0.172. The number of rotatable bonds is 8. The molecule has 0 atom stereocenters. The summed E-state index contributed by atoms with van der Waals surface area (Å²) in [4.78, 5) is 67.7. The lowest BCUT2D eigenvalue weighted by molar-refractivity contribution is -0.384. The van der Waals surface area contributed by atoms with Crippen molar-refractivity contribution in [3.8, 4) is 0 Å². The summed E-state index contributed by atoms with van der Waals surface area (Å²) < 4.78 is 2.34. The van der Waals surface area contributed by atoms with E-state index in [1.165, 1.54) is 29.8 Å². The van der Waals surface area contributed by atoms with E-state index in [0.717, 1.165) is 4.57 Å². The van der Waals surface area contributed by atoms with Crippen molar-refractivity contribution in [3.05, 3.63) is 96.7 Å². The molecule has 0 aliphatic rings. The Kier molecular flexibility index (Phi) is 9.62. The van der Waals surface area contributed by atoms with Gasteiger partial charge in [0, 0.05) is 63.7 Å². The zero-order chi connectivity index (χ0) is 28.6. The topological polar surface area (TPSA) is 194 Å². The highest BCUT2D eigenvalue weighted by atomic mass is 16.6. The second-order valence-electron chi connectivity index (χ2n) is 7.88. The van der Waals surface area contributed by atoms with Crippen molar-refractivity contribution in [2.24, 2.45) is 14.1 Å². The van der Waals surface area contributed by atoms with Crippen molar-refractivity contribution >= 4 is 34.9 Å². The Morgan fingerprint density at radius 2 is 1.58 bits per heavy atom. The summed E-state index contributed by atoms with van der Waals surface area (Å²) in [6, 6.07) is 14.1. The number of anilines is 2. The summed E-state index contributed by atoms with van der Waals surface area (Å²) in [6.45, 7) is 0.753. The molecule has 200 valence electrons. The fourth-order valence-corrected chi connectivity index (χ4v) is 3.27. The molecule has 0 saturated carbocycles. The summed E-state index contributed by atoms with van der Waals surface area (Å²) >= 11 is 0. The second-order valence-corrected chi connectivity index (χ2v) is 7.88. The number of nitrogens with zero attached hydrogens (tertiary/aromatic N) is 4. The molecule has 0 fully saturated rings. The monoisotopic (exact) mass is 527 g/mol. The molecule has 1 heterocycles. The fourth-order valence-electron chi connectivity index (χ4n) is 3.27. The lowest BCUT2D eigenvalue weighted by Crippen LogP contribution is -2.38. The first-order valence-electron chi connectivity index (χ1n) is 10.9. The molecule has 1 aromatic heterocycles. The Balaban J connectivity index is 0.000000757. The van der Waals surface area contributed by atoms with E-state index in [0.29, 0.717) is 30.2 Å². The molecule has 14 heteroatoms. The Bertz CT molecular complexity index is 1470. The zero-order valence-electron chi connectivity index (χ0n) is 20.7. The van der Waals surface area contributed by atoms with Gasteiger partial charge in [0.15, 0.2) is 5.78 Å². The minimum atomic E-state index is -1.82. The SMILES string of the molecule is CN(CCNc1cc(=O)n(C)c(=O)n1C)c1ccc([N+](=O)[O-])cc1C(=O)c1ccccc1.O=C(O)C(=O)O. The molecular weight excluding hydrogens is 502 g/mol. The number of hydrogen-bond donors (Lipinski definition) is 3. The molecule has 0 spiro atoms. The van der Waals surface area contributed by atoms with E-state index in [-0.39, 0.29) is 17.0 Å². The van der Waals surface area contributed by atoms with E-state index < -0.39 is 28.1 Å². The average Bonchev–Trinajstić information content (AvgIpc) is 2.90. The van der Waals surface area contributed by atoms with Gasteiger partial charge in [0.2, 0.25) is 0 Å². The normalized spacial score (nSPS) is 10.1. The first kappa shape index (κ1) is 29.0. The number of aromatic nitrogens is 2. The van der Waals surface area contributed by atoms with Gasteiger partial charge in [-0.25, -0.2) is 14.4 Å². The first-order valence-corrected chi connectivity index (χ1v) is 10.9. The highest BCUT2D eigenvalue weighted by Gasteiger charge is 2.20. The first-order chi connectivity index (χ1) is 17.8. The van der Waals surface area contributed by atoms with E-state index >= 15 is 0 Å². The molecule has 3 N–H and O–H groups in total. The number of nitro benzene ring substituents is 1. The van der Waals surface area contributed by atoms with Gasteiger partial charge in [0.1, 0.15) is 5.82 Å². The molecule has 3 rings (SSSR count). The third kappa shape index (κ3) is 7.13. The Morgan fingerprint density at radius 1 is 0.974 bits per heavy atom. The Morgan fingerprint density at radius 3 is 2.13 bits per heavy atom. The van der Waals surface area contributed by atoms with Crippen molar-refractivity contribution in [2.45, 2.75) is 0 Å². The number of carboxylic acid groups (broad SMARTS) is 2. The van der Waals surface area contributed by atoms with Gasteiger partial charge in [-0.2, -0.15) is 0 Å². The molecule has 0 aliphatic heterocycles. The predicted octanol–water partition coefficient (Wildman–Crippen LogP) is 0.927. The van der Waals surface area contributed by atoms with Crippen molar-refractivity contribution < 1.29 is 29.5 Å². The maximum absolute atomic E-state index is 13.1. The molecular formula is C24H25N5O9. The van der Waals surface area contributed by atoms with Gasteiger partial charge in [0.05, 0.1) is 10.5 Å². The summed E-state index contributed by atoms with van der Waals surface area (Å²) in [6.07, 6.45) is 0. The van der Waals surface area contributed by atoms with Crippen LogP contribution in [0.25, 0.3) is 0 Å². The molecule has 0 radical (unpaired) electrons. The maximum atomic E-state index is 13.1. The van der Waals surface area contributed by atoms with Gasteiger partial charge >= 0.3 is 17.6 Å². The molecule has 0 unspecified atom stereocenters. The molecule has 14 nitrogen and oxygen atoms in total. The third-order valence-electron chi connectivity index (χ3n) is 5.35. The van der Waals surface area contributed by atoms with E-state index in [9.17, 15) is 24.5 Å². The highest BCUT2D eigenvalue weighted by molar-refractivity contribution is 6.27. The van der Waals surface area contributed by atoms with Crippen LogP contribution < -0.4 is 21.5 Å². The van der Waals surface area contributed by atoms with E-state index in [1.54, 1.807) is 55.4 Å². The number of carboxylic acids is 2. The number of aliphatic carboxylic acids is 2. The summed E-state index contributed by atoms with van der Waals surface area (Å²) in [7, 11) is 4.72. The molecule has 0 aliphatic carbocycles. The fraction of sp³-hybridized carbons (Fsp3) is 0.208. The number of benzene rings is 2. The van der Waals surface area contributed by atoms with Crippen LogP contribution >= 0.6 is 0 Å². The smallest absolute Gasteiger partial charge is 0.414 e. The van der Waals surface area contributed by atoms with E-state index in [4.69, 9.17) is 19.8 Å². The van der Waals surface area contributed by atoms with Gasteiger partial charge in [-0.1, -0.05) is 30.3 Å². The third-order valence-corrected chi connectivity index (χ3v) is 5.35. The van der Waals surface area contributed by atoms with Crippen molar-refractivity contribution in [2.75, 3.05) is 30.4 Å². The average molecular weight is 527 g/mol. The van der Waals surface area contributed by atoms with Crippen LogP contribution in [0.3, 0.4) is 0 Å². The Hall–Kier alpha value is -5.27. The zero-order valence-corrected chi connectivity index (χ0v) is 20.7. The number of nitrogens with one attached hydrogen (secondary N) is 1. The van der Waals surface area contributed by atoms with Crippen LogP contribution in [0.2, 0.25) is 0 Å². The van der Waals surface area contributed by atoms with Gasteiger partial charge in [0.25, 0.3) is 11.2 Å². The van der Waals surface area contributed by atoms with E-state index in [1.807, 2.05) is 0 Å². The minimum Gasteiger partial charge on any atom is -0.473 e. The second kappa shape index (κ2) is 12.6. The van der Waals surface area contributed by atoms with Crippen LogP contribution in [-0.2, 0) is 23.7 Å². The number of hydrogen-bond acceptors (Lipinski definition) is 9. The quantitative estimate of drug-likeness (QED) is 0.163. The van der Waals surface area contributed by atoms with Crippen LogP contribution in [0.1, 0.15) is 15.9 Å². The number of ketones is 1. The molecule has 0 bridgehead atoms. The summed E-state index contributed by atoms with van der Waals surface area (Å²) in [5.41, 5.74) is 0.137. The van der Waals surface area contributed by atoms with Crippen LogP contribution in [-0.4, -0.2) is 62.1 Å². The number of likely N-dealkylation sites (N-methyl/N-ethyl adjacent to an activating group) is 1. The molecule has 0 amide bonds. The van der Waals surface area contributed by atoms with Crippen molar-refractivity contribution in [1.29, 1.82) is 0 Å². The standard InChI is InChI=1S/C22H23N5O5.C2H2O4/c1-24(12-11-23-19-14-20(28)26(3)22(30)25(19)2)18-10-9-16(27(31)32)13-17(18)21(29)15-7-5-4-6-8-15;3-1(4)2(5)6/h4-10,13-14,23H,11-12H2,1-3H3;(H,3,4)(H,5,6). The molecule has 38 heavy (non-hydrogen) atoms. The van der Waals surface area contributed by atoms with Gasteiger partial charge in [-0.05, 0) is 6.07 Å². The number of non-ortho nitro benzene ring substituents is 1. The lowest BCUT2D eigenvalue weighted by Gasteiger charge is -2.23. The summed E-state index contributed by atoms with van der Waals surface area (Å²) in [5, 5.41) is 29.1. The number of carbonyl (C=O) groups excluding carboxylic acids is 1. The van der Waals surface area contributed by atoms with Crippen LogP contribution in [0.15, 0.2) is 64.2 Å². The molecule has 0 saturated heterocycles. The van der Waals surface area contributed by atoms with Crippen LogP contribution in [0.5, 0.6) is 0 Å². The summed E-state index contributed by atoms with van der Waals surface area (Å²) in [5.74, 6) is -3.60. The number of carbonyl (C=O) groups is 3. The highest BCUT2D eigenvalue weighted by Crippen LogP contribution is 2.27. The maximum Gasteiger partial charge on any atom is 0.414 e.